The lowest BCUT2D eigenvalue weighted by Gasteiger charge is -2.41. The van der Waals surface area contributed by atoms with Crippen LogP contribution in [0.5, 0.6) is 5.75 Å². The number of hydrogen-bond acceptors (Lipinski definition) is 1. The van der Waals surface area contributed by atoms with E-state index < -0.39 is 11.6 Å². The summed E-state index contributed by atoms with van der Waals surface area (Å²) in [6.45, 7) is 4.13. The molecule has 2 fully saturated rings. The molecule has 0 saturated heterocycles. The van der Waals surface area contributed by atoms with Gasteiger partial charge in [-0.25, -0.2) is 8.78 Å². The summed E-state index contributed by atoms with van der Waals surface area (Å²) in [6.07, 6.45) is 15.1. The van der Waals surface area contributed by atoms with E-state index >= 15 is 0 Å². The summed E-state index contributed by atoms with van der Waals surface area (Å²) in [4.78, 5) is 0. The molecule has 1 aromatic carbocycles. The van der Waals surface area contributed by atoms with Gasteiger partial charge in [0.2, 0.25) is 0 Å². The molecule has 3 heteroatoms. The molecule has 3 rings (SSSR count). The van der Waals surface area contributed by atoms with E-state index in [1.54, 1.807) is 12.2 Å². The summed E-state index contributed by atoms with van der Waals surface area (Å²) in [5.74, 6) is 1.05. The second kappa shape index (κ2) is 8.83. The normalized spacial score (nSPS) is 29.2. The smallest absolute Gasteiger partial charge is 0.191 e. The highest BCUT2D eigenvalue weighted by atomic mass is 19.1. The molecule has 0 radical (unpaired) electrons. The maximum absolute atomic E-state index is 14.4. The molecule has 142 valence electrons. The SMILES string of the molecule is CC=CCOc1c(F)cc(C2CC[C@@H]3C[C@H](C=CC)CC[C@@H]3C2)cc1F. The minimum absolute atomic E-state index is 0.185. The Labute approximate surface area is 156 Å². The van der Waals surface area contributed by atoms with Gasteiger partial charge in [-0.2, -0.15) is 0 Å². The van der Waals surface area contributed by atoms with Crippen LogP contribution in [0.1, 0.15) is 63.9 Å². The fourth-order valence-electron chi connectivity index (χ4n) is 4.86. The molecule has 0 bridgehead atoms. The molecule has 0 heterocycles. The van der Waals surface area contributed by atoms with Crippen molar-refractivity contribution >= 4 is 0 Å². The first-order chi connectivity index (χ1) is 12.6. The van der Waals surface area contributed by atoms with Crippen LogP contribution in [0.25, 0.3) is 0 Å². The van der Waals surface area contributed by atoms with Crippen molar-refractivity contribution < 1.29 is 13.5 Å². The van der Waals surface area contributed by atoms with E-state index in [1.165, 1.54) is 37.8 Å². The standard InChI is InChI=1S/C23H30F2O/c1-3-5-11-26-23-21(24)14-20(15-22(23)25)19-10-9-17-12-16(6-4-2)7-8-18(17)13-19/h3-6,14-19H,7-13H2,1-2H3/t16-,17-,18-,19?/m1/s1. The van der Waals surface area contributed by atoms with Crippen LogP contribution in [0, 0.1) is 29.4 Å². The van der Waals surface area contributed by atoms with Gasteiger partial charge in [0.05, 0.1) is 0 Å². The number of rotatable bonds is 5. The lowest BCUT2D eigenvalue weighted by Crippen LogP contribution is -2.30. The van der Waals surface area contributed by atoms with E-state index in [2.05, 4.69) is 19.1 Å². The van der Waals surface area contributed by atoms with E-state index in [4.69, 9.17) is 4.74 Å². The molecule has 4 atom stereocenters. The molecule has 1 unspecified atom stereocenters. The third-order valence-corrected chi connectivity index (χ3v) is 6.17. The van der Waals surface area contributed by atoms with Gasteiger partial charge in [-0.15, -0.1) is 0 Å². The van der Waals surface area contributed by atoms with Crippen LogP contribution in [0.4, 0.5) is 8.78 Å². The molecule has 2 aliphatic carbocycles. The summed E-state index contributed by atoms with van der Waals surface area (Å²) >= 11 is 0. The van der Waals surface area contributed by atoms with Gasteiger partial charge in [-0.05, 0) is 93.7 Å². The van der Waals surface area contributed by atoms with E-state index in [9.17, 15) is 8.78 Å². The van der Waals surface area contributed by atoms with Crippen molar-refractivity contribution in [3.8, 4) is 5.75 Å². The van der Waals surface area contributed by atoms with Crippen molar-refractivity contribution in [2.45, 2.75) is 58.3 Å². The van der Waals surface area contributed by atoms with Gasteiger partial charge in [-0.1, -0.05) is 24.3 Å². The number of ether oxygens (including phenoxy) is 1. The third kappa shape index (κ3) is 4.36. The molecular weight excluding hydrogens is 330 g/mol. The third-order valence-electron chi connectivity index (χ3n) is 6.17. The molecule has 1 nitrogen and oxygen atoms in total. The summed E-state index contributed by atoms with van der Waals surface area (Å²) in [6, 6.07) is 2.98. The molecule has 26 heavy (non-hydrogen) atoms. The van der Waals surface area contributed by atoms with Gasteiger partial charge in [-0.3, -0.25) is 0 Å². The summed E-state index contributed by atoms with van der Waals surface area (Å²) in [7, 11) is 0. The fraction of sp³-hybridized carbons (Fsp3) is 0.565. The predicted octanol–water partition coefficient (Wildman–Crippen LogP) is 6.80. The first kappa shape index (κ1) is 19.1. The molecular formula is C23H30F2O. The molecule has 0 amide bonds. The molecule has 0 N–H and O–H groups in total. The van der Waals surface area contributed by atoms with E-state index in [-0.39, 0.29) is 18.3 Å². The predicted molar refractivity (Wildman–Crippen MR) is 102 cm³/mol. The number of fused-ring (bicyclic) bond motifs is 1. The van der Waals surface area contributed by atoms with Crippen molar-refractivity contribution in [1.82, 2.24) is 0 Å². The molecule has 1 aromatic rings. The van der Waals surface area contributed by atoms with Gasteiger partial charge in [0.1, 0.15) is 6.61 Å². The van der Waals surface area contributed by atoms with Crippen LogP contribution in [0.2, 0.25) is 0 Å². The Morgan fingerprint density at radius 1 is 0.962 bits per heavy atom. The van der Waals surface area contributed by atoms with E-state index in [0.717, 1.165) is 30.2 Å². The Morgan fingerprint density at radius 2 is 1.65 bits per heavy atom. The Hall–Kier alpha value is -1.64. The Balaban J connectivity index is 1.67. The number of halogens is 2. The number of hydrogen-bond donors (Lipinski definition) is 0. The zero-order valence-electron chi connectivity index (χ0n) is 15.9. The van der Waals surface area contributed by atoms with Crippen LogP contribution < -0.4 is 4.74 Å². The highest BCUT2D eigenvalue weighted by Gasteiger charge is 2.35. The van der Waals surface area contributed by atoms with Crippen molar-refractivity contribution in [2.24, 2.45) is 17.8 Å². The molecule has 0 aromatic heterocycles. The molecule has 2 aliphatic rings. The lowest BCUT2D eigenvalue weighted by molar-refractivity contribution is 0.133. The second-order valence-corrected chi connectivity index (χ2v) is 7.82. The van der Waals surface area contributed by atoms with Gasteiger partial charge in [0.25, 0.3) is 0 Å². The summed E-state index contributed by atoms with van der Waals surface area (Å²) in [5, 5.41) is 0. The van der Waals surface area contributed by atoms with Crippen LogP contribution in [0.3, 0.4) is 0 Å². The van der Waals surface area contributed by atoms with Crippen LogP contribution >= 0.6 is 0 Å². The van der Waals surface area contributed by atoms with Crippen LogP contribution in [-0.4, -0.2) is 6.61 Å². The molecule has 2 saturated carbocycles. The first-order valence-electron chi connectivity index (χ1n) is 9.98. The van der Waals surface area contributed by atoms with Crippen LogP contribution in [0.15, 0.2) is 36.4 Å². The minimum Gasteiger partial charge on any atom is -0.483 e. The monoisotopic (exact) mass is 360 g/mol. The highest BCUT2D eigenvalue weighted by Crippen LogP contribution is 2.48. The largest absolute Gasteiger partial charge is 0.483 e. The van der Waals surface area contributed by atoms with Crippen molar-refractivity contribution in [3.05, 3.63) is 53.6 Å². The van der Waals surface area contributed by atoms with Crippen LogP contribution in [-0.2, 0) is 0 Å². The van der Waals surface area contributed by atoms with Crippen molar-refractivity contribution in [3.63, 3.8) is 0 Å². The molecule has 0 aliphatic heterocycles. The Kier molecular flexibility index (Phi) is 6.50. The van der Waals surface area contributed by atoms with Gasteiger partial charge >= 0.3 is 0 Å². The van der Waals surface area contributed by atoms with Gasteiger partial charge < -0.3 is 4.74 Å². The average Bonchev–Trinajstić information content (AvgIpc) is 2.63. The fourth-order valence-corrected chi connectivity index (χ4v) is 4.86. The topological polar surface area (TPSA) is 9.23 Å². The number of benzene rings is 1. The van der Waals surface area contributed by atoms with Gasteiger partial charge in [0.15, 0.2) is 17.4 Å². The van der Waals surface area contributed by atoms with Crippen molar-refractivity contribution in [1.29, 1.82) is 0 Å². The average molecular weight is 360 g/mol. The van der Waals surface area contributed by atoms with E-state index in [0.29, 0.717) is 5.92 Å². The first-order valence-corrected chi connectivity index (χ1v) is 9.98. The zero-order valence-corrected chi connectivity index (χ0v) is 15.9. The Bertz CT molecular complexity index is 641. The maximum atomic E-state index is 14.4. The summed E-state index contributed by atoms with van der Waals surface area (Å²) < 4.78 is 34.0. The van der Waals surface area contributed by atoms with Crippen molar-refractivity contribution in [2.75, 3.05) is 6.61 Å². The lowest BCUT2D eigenvalue weighted by atomic mass is 9.64. The maximum Gasteiger partial charge on any atom is 0.191 e. The second-order valence-electron chi connectivity index (χ2n) is 7.82. The quantitative estimate of drug-likeness (QED) is 0.525. The minimum atomic E-state index is -0.580. The number of allylic oxidation sites excluding steroid dienone is 3. The van der Waals surface area contributed by atoms with Gasteiger partial charge in [0, 0.05) is 0 Å². The zero-order chi connectivity index (χ0) is 18.5. The Morgan fingerprint density at radius 3 is 2.35 bits per heavy atom. The summed E-state index contributed by atoms with van der Waals surface area (Å²) in [5.41, 5.74) is 0.799. The highest BCUT2D eigenvalue weighted by molar-refractivity contribution is 5.33. The van der Waals surface area contributed by atoms with E-state index in [1.807, 2.05) is 6.92 Å². The molecule has 0 spiro atoms.